The second-order valence-electron chi connectivity index (χ2n) is 5.00. The molecule has 0 fully saturated rings. The number of thiocarbonyl (C=S) groups is 1. The second kappa shape index (κ2) is 4.83. The summed E-state index contributed by atoms with van der Waals surface area (Å²) in [6.07, 6.45) is 0. The smallest absolute Gasteiger partial charge is 0.138 e. The van der Waals surface area contributed by atoms with Gasteiger partial charge in [-0.25, -0.2) is 0 Å². The van der Waals surface area contributed by atoms with E-state index in [9.17, 15) is 0 Å². The van der Waals surface area contributed by atoms with Gasteiger partial charge in [0, 0.05) is 0 Å². The third-order valence-electron chi connectivity index (χ3n) is 2.31. The molecule has 2 N–H and O–H groups in total. The molecule has 3 heteroatoms. The number of nitrogens with two attached hydrogens (primary N) is 1. The molecule has 88 valence electrons. The summed E-state index contributed by atoms with van der Waals surface area (Å²) >= 11 is 4.81. The zero-order chi connectivity index (χ0) is 12.3. The minimum atomic E-state index is 0.0531. The quantitative estimate of drug-likeness (QED) is 0.821. The molecule has 0 amide bonds. The molecule has 0 heterocycles. The fourth-order valence-electron chi connectivity index (χ4n) is 1.50. The van der Waals surface area contributed by atoms with Gasteiger partial charge in [0.25, 0.3) is 0 Å². The third kappa shape index (κ3) is 3.49. The standard InChI is InChI=1S/C13H19NOS/c1-9-5-6-11(15-8-12(14)16)10(7-9)13(2,3)4/h5-7H,8H2,1-4H3,(H2,14,16). The van der Waals surface area contributed by atoms with Crippen LogP contribution in [0.5, 0.6) is 5.75 Å². The molecule has 0 aliphatic heterocycles. The highest BCUT2D eigenvalue weighted by molar-refractivity contribution is 7.80. The molecule has 0 aliphatic carbocycles. The first-order chi connectivity index (χ1) is 7.30. The van der Waals surface area contributed by atoms with Gasteiger partial charge in [-0.2, -0.15) is 0 Å². The monoisotopic (exact) mass is 237 g/mol. The molecule has 0 atom stereocenters. The zero-order valence-corrected chi connectivity index (χ0v) is 11.1. The summed E-state index contributed by atoms with van der Waals surface area (Å²) in [5, 5.41) is 0. The molecule has 1 rings (SSSR count). The lowest BCUT2D eigenvalue weighted by Gasteiger charge is -2.23. The van der Waals surface area contributed by atoms with Gasteiger partial charge in [0.05, 0.1) is 0 Å². The molecule has 0 spiro atoms. The van der Waals surface area contributed by atoms with Crippen LogP contribution in [-0.2, 0) is 5.41 Å². The van der Waals surface area contributed by atoms with E-state index in [2.05, 4.69) is 33.8 Å². The van der Waals surface area contributed by atoms with Crippen molar-refractivity contribution in [2.75, 3.05) is 6.61 Å². The average molecular weight is 237 g/mol. The zero-order valence-electron chi connectivity index (χ0n) is 10.3. The molecule has 0 saturated heterocycles. The maximum absolute atomic E-state index is 5.61. The first-order valence-corrected chi connectivity index (χ1v) is 5.74. The molecule has 0 bridgehead atoms. The highest BCUT2D eigenvalue weighted by Gasteiger charge is 2.19. The van der Waals surface area contributed by atoms with Gasteiger partial charge in [0.2, 0.25) is 0 Å². The Hall–Kier alpha value is -1.09. The molecule has 16 heavy (non-hydrogen) atoms. The maximum Gasteiger partial charge on any atom is 0.138 e. The van der Waals surface area contributed by atoms with Crippen molar-refractivity contribution in [2.24, 2.45) is 5.73 Å². The minimum Gasteiger partial charge on any atom is -0.486 e. The highest BCUT2D eigenvalue weighted by Crippen LogP contribution is 2.32. The summed E-state index contributed by atoms with van der Waals surface area (Å²) in [7, 11) is 0. The lowest BCUT2D eigenvalue weighted by molar-refractivity contribution is 0.364. The van der Waals surface area contributed by atoms with Crippen molar-refractivity contribution in [3.8, 4) is 5.75 Å². The van der Waals surface area contributed by atoms with Crippen molar-refractivity contribution in [1.82, 2.24) is 0 Å². The molecule has 1 aromatic carbocycles. The first kappa shape index (κ1) is 13.0. The van der Waals surface area contributed by atoms with Crippen LogP contribution < -0.4 is 10.5 Å². The fraction of sp³-hybridized carbons (Fsp3) is 0.462. The van der Waals surface area contributed by atoms with Gasteiger partial charge in [-0.3, -0.25) is 0 Å². The minimum absolute atomic E-state index is 0.0531. The Morgan fingerprint density at radius 1 is 1.38 bits per heavy atom. The number of hydrogen-bond donors (Lipinski definition) is 1. The van der Waals surface area contributed by atoms with Crippen LogP contribution in [0.1, 0.15) is 31.9 Å². The van der Waals surface area contributed by atoms with Crippen molar-refractivity contribution in [3.05, 3.63) is 29.3 Å². The Kier molecular flexibility index (Phi) is 3.92. The maximum atomic E-state index is 5.61. The molecular weight excluding hydrogens is 218 g/mol. The third-order valence-corrected chi connectivity index (χ3v) is 2.43. The van der Waals surface area contributed by atoms with E-state index in [1.165, 1.54) is 11.1 Å². The number of ether oxygens (including phenoxy) is 1. The lowest BCUT2D eigenvalue weighted by atomic mass is 9.85. The van der Waals surface area contributed by atoms with Crippen LogP contribution >= 0.6 is 12.2 Å². The van der Waals surface area contributed by atoms with E-state index in [1.807, 2.05) is 12.1 Å². The lowest BCUT2D eigenvalue weighted by Crippen LogP contribution is -2.20. The first-order valence-electron chi connectivity index (χ1n) is 5.33. The fourth-order valence-corrected chi connectivity index (χ4v) is 1.56. The predicted octanol–water partition coefficient (Wildman–Crippen LogP) is 2.96. The molecule has 2 nitrogen and oxygen atoms in total. The van der Waals surface area contributed by atoms with Gasteiger partial charge in [-0.05, 0) is 24.0 Å². The molecule has 0 unspecified atom stereocenters. The molecule has 0 aromatic heterocycles. The van der Waals surface area contributed by atoms with Gasteiger partial charge >= 0.3 is 0 Å². The predicted molar refractivity (Wildman–Crippen MR) is 72.2 cm³/mol. The SMILES string of the molecule is Cc1ccc(OCC(N)=S)c(C(C)(C)C)c1. The summed E-state index contributed by atoms with van der Waals surface area (Å²) in [5.41, 5.74) is 7.90. The summed E-state index contributed by atoms with van der Waals surface area (Å²) in [5.74, 6) is 0.867. The number of benzene rings is 1. The molecule has 0 saturated carbocycles. The second-order valence-corrected chi connectivity index (χ2v) is 5.53. The van der Waals surface area contributed by atoms with E-state index in [0.29, 0.717) is 11.6 Å². The van der Waals surface area contributed by atoms with E-state index in [1.54, 1.807) is 0 Å². The number of hydrogen-bond acceptors (Lipinski definition) is 2. The Morgan fingerprint density at radius 3 is 2.50 bits per heavy atom. The van der Waals surface area contributed by atoms with Gasteiger partial charge in [-0.1, -0.05) is 50.7 Å². The van der Waals surface area contributed by atoms with Crippen LogP contribution in [0.3, 0.4) is 0 Å². The normalized spacial score (nSPS) is 11.2. The van der Waals surface area contributed by atoms with Crippen LogP contribution in [0.25, 0.3) is 0 Å². The Balaban J connectivity index is 3.03. The van der Waals surface area contributed by atoms with E-state index in [4.69, 9.17) is 22.7 Å². The van der Waals surface area contributed by atoms with Crippen molar-refractivity contribution in [1.29, 1.82) is 0 Å². The van der Waals surface area contributed by atoms with E-state index < -0.39 is 0 Å². The highest BCUT2D eigenvalue weighted by atomic mass is 32.1. The van der Waals surface area contributed by atoms with E-state index >= 15 is 0 Å². The summed E-state index contributed by atoms with van der Waals surface area (Å²) in [4.78, 5) is 0.375. The molecule has 1 aromatic rings. The Morgan fingerprint density at radius 2 is 2.00 bits per heavy atom. The summed E-state index contributed by atoms with van der Waals surface area (Å²) in [6.45, 7) is 8.86. The Labute approximate surface area is 103 Å². The molecule has 0 aliphatic rings. The number of aryl methyl sites for hydroxylation is 1. The van der Waals surface area contributed by atoms with Gasteiger partial charge in [-0.15, -0.1) is 0 Å². The van der Waals surface area contributed by atoms with E-state index in [-0.39, 0.29) is 5.41 Å². The topological polar surface area (TPSA) is 35.2 Å². The van der Waals surface area contributed by atoms with Crippen molar-refractivity contribution < 1.29 is 4.74 Å². The van der Waals surface area contributed by atoms with Crippen LogP contribution in [0, 0.1) is 6.92 Å². The molecule has 0 radical (unpaired) electrons. The van der Waals surface area contributed by atoms with Crippen molar-refractivity contribution in [2.45, 2.75) is 33.1 Å². The molecular formula is C13H19NOS. The van der Waals surface area contributed by atoms with Crippen LogP contribution in [0.15, 0.2) is 18.2 Å². The van der Waals surface area contributed by atoms with Crippen LogP contribution in [-0.4, -0.2) is 11.6 Å². The van der Waals surface area contributed by atoms with Gasteiger partial charge in [0.1, 0.15) is 17.3 Å². The van der Waals surface area contributed by atoms with Gasteiger partial charge < -0.3 is 10.5 Å². The van der Waals surface area contributed by atoms with Crippen LogP contribution in [0.4, 0.5) is 0 Å². The largest absolute Gasteiger partial charge is 0.486 e. The van der Waals surface area contributed by atoms with Crippen LogP contribution in [0.2, 0.25) is 0 Å². The van der Waals surface area contributed by atoms with Crippen molar-refractivity contribution >= 4 is 17.2 Å². The average Bonchev–Trinajstić information content (AvgIpc) is 2.14. The summed E-state index contributed by atoms with van der Waals surface area (Å²) < 4.78 is 5.61. The number of rotatable bonds is 3. The summed E-state index contributed by atoms with van der Waals surface area (Å²) in [6, 6.07) is 6.16. The Bertz CT molecular complexity index is 393. The van der Waals surface area contributed by atoms with Gasteiger partial charge in [0.15, 0.2) is 0 Å². The van der Waals surface area contributed by atoms with E-state index in [0.717, 1.165) is 5.75 Å². The van der Waals surface area contributed by atoms with Crippen molar-refractivity contribution in [3.63, 3.8) is 0 Å².